The van der Waals surface area contributed by atoms with Gasteiger partial charge in [0.1, 0.15) is 5.82 Å². The first-order valence-corrected chi connectivity index (χ1v) is 7.11. The van der Waals surface area contributed by atoms with Crippen LogP contribution in [0.5, 0.6) is 0 Å². The van der Waals surface area contributed by atoms with Crippen LogP contribution in [-0.2, 0) is 6.54 Å². The summed E-state index contributed by atoms with van der Waals surface area (Å²) in [5, 5.41) is 13.9. The number of aromatic nitrogens is 2. The van der Waals surface area contributed by atoms with Crippen LogP contribution >= 0.6 is 0 Å². The second-order valence-electron chi connectivity index (χ2n) is 4.84. The van der Waals surface area contributed by atoms with Crippen molar-refractivity contribution in [3.63, 3.8) is 0 Å². The molecule has 0 atom stereocenters. The van der Waals surface area contributed by atoms with Crippen LogP contribution < -0.4 is 10.6 Å². The normalized spacial score (nSPS) is 10.2. The lowest BCUT2D eigenvalue weighted by Gasteiger charge is -2.08. The number of hydrogen-bond acceptors (Lipinski definition) is 4. The number of aryl methyl sites for hydroxylation is 1. The van der Waals surface area contributed by atoms with Gasteiger partial charge in [-0.1, -0.05) is 31.2 Å². The van der Waals surface area contributed by atoms with Crippen LogP contribution in [0.1, 0.15) is 35.0 Å². The van der Waals surface area contributed by atoms with Gasteiger partial charge in [-0.05, 0) is 36.6 Å². The number of amides is 1. The van der Waals surface area contributed by atoms with Crippen molar-refractivity contribution in [1.82, 2.24) is 15.5 Å². The summed E-state index contributed by atoms with van der Waals surface area (Å²) in [6.07, 6.45) is 0.898. The van der Waals surface area contributed by atoms with E-state index in [0.717, 1.165) is 6.42 Å². The molecule has 0 radical (unpaired) electrons. The molecule has 0 spiro atoms. The highest BCUT2D eigenvalue weighted by molar-refractivity contribution is 5.92. The van der Waals surface area contributed by atoms with Crippen LogP contribution in [0.15, 0.2) is 36.4 Å². The van der Waals surface area contributed by atoms with E-state index in [1.54, 1.807) is 12.1 Å². The number of carbonyl (C=O) groups is 1. The van der Waals surface area contributed by atoms with Gasteiger partial charge in [-0.25, -0.2) is 0 Å². The lowest BCUT2D eigenvalue weighted by atomic mass is 10.1. The Morgan fingerprint density at radius 1 is 1.14 bits per heavy atom. The zero-order valence-corrected chi connectivity index (χ0v) is 12.4. The van der Waals surface area contributed by atoms with Crippen molar-refractivity contribution in [3.05, 3.63) is 53.2 Å². The van der Waals surface area contributed by atoms with Gasteiger partial charge in [0.25, 0.3) is 5.91 Å². The van der Waals surface area contributed by atoms with E-state index in [-0.39, 0.29) is 5.91 Å². The van der Waals surface area contributed by atoms with Crippen LogP contribution in [0.2, 0.25) is 0 Å². The predicted molar refractivity (Wildman–Crippen MR) is 83.2 cm³/mol. The van der Waals surface area contributed by atoms with Crippen molar-refractivity contribution < 1.29 is 4.79 Å². The molecule has 1 aromatic heterocycles. The number of nitrogens with one attached hydrogen (secondary N) is 2. The zero-order chi connectivity index (χ0) is 15.1. The third-order valence-corrected chi connectivity index (χ3v) is 3.15. The fraction of sp³-hybridized carbons (Fsp3) is 0.312. The van der Waals surface area contributed by atoms with E-state index in [9.17, 15) is 4.79 Å². The standard InChI is InChI=1S/C16H20N4O/c1-3-10-17-16(21)14-8-9-15(20-19-14)18-11-13-7-5-4-6-12(13)2/h4-9H,3,10-11H2,1-2H3,(H,17,21)(H,18,20). The molecule has 2 N–H and O–H groups in total. The van der Waals surface area contributed by atoms with Gasteiger partial charge in [-0.15, -0.1) is 10.2 Å². The lowest BCUT2D eigenvalue weighted by molar-refractivity contribution is 0.0947. The van der Waals surface area contributed by atoms with Crippen LogP contribution in [0, 0.1) is 6.92 Å². The number of hydrogen-bond donors (Lipinski definition) is 2. The van der Waals surface area contributed by atoms with Crippen LogP contribution in [0.3, 0.4) is 0 Å². The Balaban J connectivity index is 1.93. The highest BCUT2D eigenvalue weighted by Gasteiger charge is 2.07. The molecular weight excluding hydrogens is 264 g/mol. The number of benzene rings is 1. The molecule has 5 heteroatoms. The van der Waals surface area contributed by atoms with E-state index in [2.05, 4.69) is 39.9 Å². The number of rotatable bonds is 6. The van der Waals surface area contributed by atoms with E-state index >= 15 is 0 Å². The molecule has 0 fully saturated rings. The summed E-state index contributed by atoms with van der Waals surface area (Å²) in [5.74, 6) is 0.472. The molecule has 0 saturated heterocycles. The summed E-state index contributed by atoms with van der Waals surface area (Å²) in [6, 6.07) is 11.6. The minimum Gasteiger partial charge on any atom is -0.364 e. The van der Waals surface area contributed by atoms with Gasteiger partial charge in [0, 0.05) is 13.1 Å². The number of anilines is 1. The third-order valence-electron chi connectivity index (χ3n) is 3.15. The molecule has 2 rings (SSSR count). The Hall–Kier alpha value is -2.43. The van der Waals surface area contributed by atoms with Crippen LogP contribution in [0.4, 0.5) is 5.82 Å². The minimum atomic E-state index is -0.185. The Bertz CT molecular complexity index is 595. The van der Waals surface area contributed by atoms with Gasteiger partial charge in [0.2, 0.25) is 0 Å². The smallest absolute Gasteiger partial charge is 0.271 e. The largest absolute Gasteiger partial charge is 0.364 e. The molecule has 1 heterocycles. The van der Waals surface area contributed by atoms with Gasteiger partial charge in [-0.3, -0.25) is 4.79 Å². The van der Waals surface area contributed by atoms with Crippen molar-refractivity contribution in [3.8, 4) is 0 Å². The van der Waals surface area contributed by atoms with Gasteiger partial charge in [-0.2, -0.15) is 0 Å². The summed E-state index contributed by atoms with van der Waals surface area (Å²) >= 11 is 0. The lowest BCUT2D eigenvalue weighted by Crippen LogP contribution is -2.25. The number of carbonyl (C=O) groups excluding carboxylic acids is 1. The van der Waals surface area contributed by atoms with Gasteiger partial charge >= 0.3 is 0 Å². The maximum atomic E-state index is 11.7. The molecule has 0 aliphatic heterocycles. The highest BCUT2D eigenvalue weighted by Crippen LogP contribution is 2.10. The molecule has 5 nitrogen and oxygen atoms in total. The van der Waals surface area contributed by atoms with Gasteiger partial charge in [0.15, 0.2) is 5.69 Å². The van der Waals surface area contributed by atoms with E-state index in [0.29, 0.717) is 24.6 Å². The van der Waals surface area contributed by atoms with Crippen molar-refractivity contribution >= 4 is 11.7 Å². The monoisotopic (exact) mass is 284 g/mol. The Labute approximate surface area is 124 Å². The first-order valence-electron chi connectivity index (χ1n) is 7.11. The van der Waals surface area contributed by atoms with Crippen molar-refractivity contribution in [1.29, 1.82) is 0 Å². The zero-order valence-electron chi connectivity index (χ0n) is 12.4. The average molecular weight is 284 g/mol. The second-order valence-corrected chi connectivity index (χ2v) is 4.84. The van der Waals surface area contributed by atoms with Gasteiger partial charge < -0.3 is 10.6 Å². The van der Waals surface area contributed by atoms with Crippen molar-refractivity contribution in [2.24, 2.45) is 0 Å². The van der Waals surface area contributed by atoms with Crippen molar-refractivity contribution in [2.75, 3.05) is 11.9 Å². The quantitative estimate of drug-likeness (QED) is 0.855. The molecule has 110 valence electrons. The summed E-state index contributed by atoms with van der Waals surface area (Å²) in [5.41, 5.74) is 2.78. The summed E-state index contributed by atoms with van der Waals surface area (Å²) in [4.78, 5) is 11.7. The summed E-state index contributed by atoms with van der Waals surface area (Å²) < 4.78 is 0. The minimum absolute atomic E-state index is 0.185. The van der Waals surface area contributed by atoms with Crippen LogP contribution in [-0.4, -0.2) is 22.6 Å². The van der Waals surface area contributed by atoms with E-state index in [1.807, 2.05) is 19.1 Å². The topological polar surface area (TPSA) is 66.9 Å². The second kappa shape index (κ2) is 7.38. The first-order chi connectivity index (χ1) is 10.2. The molecule has 0 unspecified atom stereocenters. The summed E-state index contributed by atoms with van der Waals surface area (Å²) in [7, 11) is 0. The van der Waals surface area contributed by atoms with Gasteiger partial charge in [0.05, 0.1) is 0 Å². The average Bonchev–Trinajstić information content (AvgIpc) is 2.52. The molecular formula is C16H20N4O. The van der Waals surface area contributed by atoms with Crippen molar-refractivity contribution in [2.45, 2.75) is 26.8 Å². The molecule has 0 saturated carbocycles. The molecule has 1 amide bonds. The maximum Gasteiger partial charge on any atom is 0.271 e. The maximum absolute atomic E-state index is 11.7. The fourth-order valence-electron chi connectivity index (χ4n) is 1.87. The molecule has 2 aromatic rings. The Kier molecular flexibility index (Phi) is 5.26. The Morgan fingerprint density at radius 3 is 2.62 bits per heavy atom. The number of nitrogens with zero attached hydrogens (tertiary/aromatic N) is 2. The van der Waals surface area contributed by atoms with E-state index in [4.69, 9.17) is 0 Å². The van der Waals surface area contributed by atoms with E-state index in [1.165, 1.54) is 11.1 Å². The molecule has 21 heavy (non-hydrogen) atoms. The molecule has 0 bridgehead atoms. The highest BCUT2D eigenvalue weighted by atomic mass is 16.1. The van der Waals surface area contributed by atoms with E-state index < -0.39 is 0 Å². The fourth-order valence-corrected chi connectivity index (χ4v) is 1.87. The SMILES string of the molecule is CCCNC(=O)c1ccc(NCc2ccccc2C)nn1. The molecule has 0 aliphatic carbocycles. The molecule has 1 aromatic carbocycles. The first kappa shape index (κ1) is 15.0. The van der Waals surface area contributed by atoms with Crippen LogP contribution in [0.25, 0.3) is 0 Å². The Morgan fingerprint density at radius 2 is 1.95 bits per heavy atom. The molecule has 0 aliphatic rings. The summed E-state index contributed by atoms with van der Waals surface area (Å²) in [6.45, 7) is 5.41. The third kappa shape index (κ3) is 4.27. The predicted octanol–water partition coefficient (Wildman–Crippen LogP) is 2.54.